The van der Waals surface area contributed by atoms with Crippen LogP contribution < -0.4 is 10.6 Å². The lowest BCUT2D eigenvalue weighted by Gasteiger charge is -2.14. The summed E-state index contributed by atoms with van der Waals surface area (Å²) in [5, 5.41) is 13.3. The average molecular weight is 349 g/mol. The fraction of sp³-hybridized carbons (Fsp3) is 0.333. The van der Waals surface area contributed by atoms with Crippen LogP contribution >= 0.6 is 15.9 Å². The predicted octanol–water partition coefficient (Wildman–Crippen LogP) is 2.20. The Labute approximate surface area is 123 Å². The van der Waals surface area contributed by atoms with Crippen molar-refractivity contribution in [3.63, 3.8) is 0 Å². The number of ether oxygens (including phenoxy) is 1. The molecule has 1 unspecified atom stereocenters. The van der Waals surface area contributed by atoms with E-state index in [9.17, 15) is 14.0 Å². The molecule has 0 bridgehead atoms. The summed E-state index contributed by atoms with van der Waals surface area (Å²) < 4.78 is 18.9. The number of benzene rings is 1. The summed E-state index contributed by atoms with van der Waals surface area (Å²) in [6.45, 7) is 0.00673. The summed E-state index contributed by atoms with van der Waals surface area (Å²) in [5.41, 5.74) is 0.0258. The summed E-state index contributed by atoms with van der Waals surface area (Å²) in [5.74, 6) is -1.61. The maximum atomic E-state index is 13.5. The highest BCUT2D eigenvalue weighted by molar-refractivity contribution is 9.10. The number of carboxylic acids is 1. The van der Waals surface area contributed by atoms with E-state index < -0.39 is 23.9 Å². The molecule has 0 aliphatic heterocycles. The normalized spacial score (nSPS) is 11.8. The number of hydrogen-bond donors (Lipinski definition) is 3. The Bertz CT molecular complexity index is 498. The van der Waals surface area contributed by atoms with Gasteiger partial charge < -0.3 is 20.5 Å². The quantitative estimate of drug-likeness (QED) is 0.735. The van der Waals surface area contributed by atoms with Crippen molar-refractivity contribution in [1.29, 1.82) is 0 Å². The second-order valence-corrected chi connectivity index (χ2v) is 4.83. The number of nitrogens with one attached hydrogen (secondary N) is 2. The van der Waals surface area contributed by atoms with Crippen molar-refractivity contribution < 1.29 is 23.8 Å². The zero-order chi connectivity index (χ0) is 15.1. The van der Waals surface area contributed by atoms with Crippen molar-refractivity contribution in [3.8, 4) is 0 Å². The molecule has 0 spiro atoms. The summed E-state index contributed by atoms with van der Waals surface area (Å²) >= 11 is 3.10. The highest BCUT2D eigenvalue weighted by Crippen LogP contribution is 2.19. The molecule has 1 aromatic rings. The van der Waals surface area contributed by atoms with E-state index in [4.69, 9.17) is 9.84 Å². The number of hydrogen-bond acceptors (Lipinski definition) is 3. The van der Waals surface area contributed by atoms with Gasteiger partial charge >= 0.3 is 12.0 Å². The van der Waals surface area contributed by atoms with Gasteiger partial charge in [-0.2, -0.15) is 0 Å². The number of carbonyl (C=O) groups is 2. The molecule has 0 saturated carbocycles. The molecule has 0 aliphatic rings. The highest BCUT2D eigenvalue weighted by atomic mass is 79.9. The first-order valence-corrected chi connectivity index (χ1v) is 6.46. The number of anilines is 1. The van der Waals surface area contributed by atoms with E-state index in [0.717, 1.165) is 0 Å². The molecule has 8 heteroatoms. The monoisotopic (exact) mass is 348 g/mol. The Morgan fingerprint density at radius 1 is 1.50 bits per heavy atom. The number of methoxy groups -OCH3 is 1. The number of aliphatic carboxylic acids is 1. The molecule has 0 aromatic heterocycles. The molecule has 0 heterocycles. The number of rotatable bonds is 6. The number of urea groups is 1. The van der Waals surface area contributed by atoms with Crippen LogP contribution in [0.15, 0.2) is 22.7 Å². The van der Waals surface area contributed by atoms with Crippen LogP contribution in [-0.4, -0.2) is 36.9 Å². The van der Waals surface area contributed by atoms with E-state index in [1.165, 1.54) is 19.2 Å². The predicted molar refractivity (Wildman–Crippen MR) is 74.2 cm³/mol. The van der Waals surface area contributed by atoms with Gasteiger partial charge in [0.05, 0.1) is 18.2 Å². The van der Waals surface area contributed by atoms with Gasteiger partial charge in [0, 0.05) is 18.1 Å². The molecule has 0 fully saturated rings. The van der Waals surface area contributed by atoms with Crippen LogP contribution in [0.1, 0.15) is 6.42 Å². The molecular weight excluding hydrogens is 335 g/mol. The molecule has 0 saturated heterocycles. The number of halogens is 2. The second-order valence-electron chi connectivity index (χ2n) is 3.91. The summed E-state index contributed by atoms with van der Waals surface area (Å²) in [6.07, 6.45) is -0.878. The number of carbonyl (C=O) groups excluding carboxylic acids is 1. The largest absolute Gasteiger partial charge is 0.481 e. The molecule has 20 heavy (non-hydrogen) atoms. The molecule has 1 aromatic carbocycles. The third-order valence-electron chi connectivity index (χ3n) is 2.41. The summed E-state index contributed by atoms with van der Waals surface area (Å²) in [7, 11) is 1.35. The van der Waals surface area contributed by atoms with Crippen molar-refractivity contribution in [2.75, 3.05) is 19.0 Å². The van der Waals surface area contributed by atoms with Crippen molar-refractivity contribution in [2.45, 2.75) is 12.5 Å². The van der Waals surface area contributed by atoms with Gasteiger partial charge in [0.1, 0.15) is 5.82 Å². The van der Waals surface area contributed by atoms with Crippen molar-refractivity contribution in [2.24, 2.45) is 0 Å². The van der Waals surface area contributed by atoms with Gasteiger partial charge in [-0.05, 0) is 18.2 Å². The third kappa shape index (κ3) is 5.54. The maximum absolute atomic E-state index is 13.5. The fourth-order valence-electron chi connectivity index (χ4n) is 1.40. The molecule has 6 nitrogen and oxygen atoms in total. The van der Waals surface area contributed by atoms with E-state index in [1.807, 2.05) is 0 Å². The van der Waals surface area contributed by atoms with Gasteiger partial charge in [0.25, 0.3) is 0 Å². The van der Waals surface area contributed by atoms with Crippen LogP contribution in [0.3, 0.4) is 0 Å². The molecule has 0 aliphatic carbocycles. The topological polar surface area (TPSA) is 87.7 Å². The highest BCUT2D eigenvalue weighted by Gasteiger charge is 2.14. The van der Waals surface area contributed by atoms with Crippen molar-refractivity contribution in [1.82, 2.24) is 5.32 Å². The molecule has 2 amide bonds. The van der Waals surface area contributed by atoms with Crippen LogP contribution in [-0.2, 0) is 9.53 Å². The van der Waals surface area contributed by atoms with Gasteiger partial charge in [-0.1, -0.05) is 15.9 Å². The van der Waals surface area contributed by atoms with E-state index in [-0.39, 0.29) is 18.7 Å². The Kier molecular flexibility index (Phi) is 6.40. The van der Waals surface area contributed by atoms with E-state index in [1.54, 1.807) is 6.07 Å². The van der Waals surface area contributed by atoms with E-state index >= 15 is 0 Å². The SMILES string of the molecule is COC(CNC(=O)Nc1ccc(Br)cc1F)CC(=O)O. The Morgan fingerprint density at radius 3 is 2.75 bits per heavy atom. The van der Waals surface area contributed by atoms with Gasteiger partial charge in [0.15, 0.2) is 0 Å². The standard InChI is InChI=1S/C12H14BrFN2O4/c1-20-8(5-11(17)18)6-15-12(19)16-10-3-2-7(13)4-9(10)14/h2-4,8H,5-6H2,1H3,(H,17,18)(H2,15,16,19). The Hall–Kier alpha value is -1.67. The smallest absolute Gasteiger partial charge is 0.319 e. The van der Waals surface area contributed by atoms with E-state index in [2.05, 4.69) is 26.6 Å². The molecule has 1 atom stereocenters. The minimum atomic E-state index is -1.03. The van der Waals surface area contributed by atoms with Crippen LogP contribution in [0.4, 0.5) is 14.9 Å². The van der Waals surface area contributed by atoms with Gasteiger partial charge in [-0.25, -0.2) is 9.18 Å². The van der Waals surface area contributed by atoms with E-state index in [0.29, 0.717) is 4.47 Å². The van der Waals surface area contributed by atoms with Crippen LogP contribution in [0.2, 0.25) is 0 Å². The first kappa shape index (κ1) is 16.4. The number of carboxylic acid groups (broad SMARTS) is 1. The average Bonchev–Trinajstić information content (AvgIpc) is 2.37. The molecular formula is C12H14BrFN2O4. The maximum Gasteiger partial charge on any atom is 0.319 e. The van der Waals surface area contributed by atoms with Crippen molar-refractivity contribution in [3.05, 3.63) is 28.5 Å². The lowest BCUT2D eigenvalue weighted by atomic mass is 10.2. The van der Waals surface area contributed by atoms with Gasteiger partial charge in [-0.15, -0.1) is 0 Å². The molecule has 1 rings (SSSR count). The molecule has 3 N–H and O–H groups in total. The van der Waals surface area contributed by atoms with Crippen molar-refractivity contribution >= 4 is 33.6 Å². The first-order chi connectivity index (χ1) is 9.42. The Morgan fingerprint density at radius 2 is 2.20 bits per heavy atom. The van der Waals surface area contributed by atoms with Gasteiger partial charge in [0.2, 0.25) is 0 Å². The molecule has 110 valence electrons. The van der Waals surface area contributed by atoms with Crippen LogP contribution in [0.5, 0.6) is 0 Å². The lowest BCUT2D eigenvalue weighted by molar-refractivity contribution is -0.139. The third-order valence-corrected chi connectivity index (χ3v) is 2.90. The number of amides is 2. The first-order valence-electron chi connectivity index (χ1n) is 5.67. The summed E-state index contributed by atoms with van der Waals surface area (Å²) in [4.78, 5) is 22.1. The Balaban J connectivity index is 2.49. The minimum Gasteiger partial charge on any atom is -0.481 e. The van der Waals surface area contributed by atoms with Gasteiger partial charge in [-0.3, -0.25) is 4.79 Å². The summed E-state index contributed by atoms with van der Waals surface area (Å²) in [6, 6.07) is 3.57. The second kappa shape index (κ2) is 7.81. The fourth-order valence-corrected chi connectivity index (χ4v) is 1.73. The zero-order valence-corrected chi connectivity index (χ0v) is 12.2. The molecule has 0 radical (unpaired) electrons. The minimum absolute atomic E-state index is 0.00673. The van der Waals surface area contributed by atoms with Crippen LogP contribution in [0, 0.1) is 5.82 Å². The lowest BCUT2D eigenvalue weighted by Crippen LogP contribution is -2.37. The zero-order valence-electron chi connectivity index (χ0n) is 10.7. The van der Waals surface area contributed by atoms with Crippen LogP contribution in [0.25, 0.3) is 0 Å².